The van der Waals surface area contributed by atoms with E-state index in [1.165, 1.54) is 24.0 Å². The molecule has 1 saturated heterocycles. The summed E-state index contributed by atoms with van der Waals surface area (Å²) in [5, 5.41) is 10.7. The number of benzene rings is 1. The molecule has 2 heterocycles. The maximum absolute atomic E-state index is 12.7. The zero-order valence-corrected chi connectivity index (χ0v) is 15.4. The van der Waals surface area contributed by atoms with Gasteiger partial charge in [-0.2, -0.15) is 5.10 Å². The smallest absolute Gasteiger partial charge is 0.253 e. The molecule has 1 amide bonds. The number of rotatable bonds is 5. The predicted octanol–water partition coefficient (Wildman–Crippen LogP) is 2.81. The topological polar surface area (TPSA) is 61.0 Å². The van der Waals surface area contributed by atoms with Gasteiger partial charge < -0.3 is 10.2 Å². The van der Waals surface area contributed by atoms with E-state index in [0.29, 0.717) is 12.5 Å². The van der Waals surface area contributed by atoms with E-state index in [9.17, 15) is 4.79 Å². The lowest BCUT2D eigenvalue weighted by Gasteiger charge is -2.23. The van der Waals surface area contributed by atoms with Crippen LogP contribution in [0.25, 0.3) is 0 Å². The number of aromatic nitrogens is 2. The Hall–Kier alpha value is -2.14. The molecule has 1 aliphatic heterocycles. The van der Waals surface area contributed by atoms with Gasteiger partial charge in [-0.15, -0.1) is 0 Å². The van der Waals surface area contributed by atoms with Crippen LogP contribution < -0.4 is 5.32 Å². The fraction of sp³-hybridized carbons (Fsp3) is 0.500. The van der Waals surface area contributed by atoms with Crippen molar-refractivity contribution in [2.75, 3.05) is 26.7 Å². The Morgan fingerprint density at radius 1 is 1.28 bits per heavy atom. The van der Waals surface area contributed by atoms with Crippen LogP contribution in [0.5, 0.6) is 0 Å². The third-order valence-electron chi connectivity index (χ3n) is 5.25. The third kappa shape index (κ3) is 4.10. The highest BCUT2D eigenvalue weighted by Crippen LogP contribution is 2.23. The van der Waals surface area contributed by atoms with Gasteiger partial charge in [-0.1, -0.05) is 12.1 Å². The van der Waals surface area contributed by atoms with Gasteiger partial charge in [-0.25, -0.2) is 0 Å². The quantitative estimate of drug-likeness (QED) is 0.880. The minimum Gasteiger partial charge on any atom is -0.341 e. The van der Waals surface area contributed by atoms with Crippen LogP contribution in [0.4, 0.5) is 0 Å². The average molecular weight is 340 g/mol. The third-order valence-corrected chi connectivity index (χ3v) is 5.25. The van der Waals surface area contributed by atoms with Gasteiger partial charge in [0.25, 0.3) is 5.91 Å². The molecule has 0 aliphatic carbocycles. The molecule has 134 valence electrons. The molecule has 0 saturated carbocycles. The van der Waals surface area contributed by atoms with Crippen LogP contribution in [0.3, 0.4) is 0 Å². The Kier molecular flexibility index (Phi) is 5.53. The van der Waals surface area contributed by atoms with Crippen molar-refractivity contribution in [1.82, 2.24) is 20.4 Å². The molecule has 5 nitrogen and oxygen atoms in total. The SMILES string of the molecule is Cc1n[nH]c(C)c1CCN(C)C(=O)c1ccc([C@H]2CCCNC2)cc1. The van der Waals surface area contributed by atoms with Crippen LogP contribution in [0.2, 0.25) is 0 Å². The highest BCUT2D eigenvalue weighted by atomic mass is 16.2. The second-order valence-corrected chi connectivity index (χ2v) is 7.05. The molecule has 1 aromatic carbocycles. The normalized spacial score (nSPS) is 17.5. The number of likely N-dealkylation sites (N-methyl/N-ethyl adjacent to an activating group) is 1. The molecule has 0 spiro atoms. The first kappa shape index (κ1) is 17.7. The van der Waals surface area contributed by atoms with E-state index >= 15 is 0 Å². The molecular formula is C20H28N4O. The van der Waals surface area contributed by atoms with Gasteiger partial charge >= 0.3 is 0 Å². The zero-order valence-electron chi connectivity index (χ0n) is 15.4. The standard InChI is InChI=1S/C20H28N4O/c1-14-19(15(2)23-22-14)10-12-24(3)20(25)17-8-6-16(7-9-17)18-5-4-11-21-13-18/h6-9,18,21H,4-5,10-13H2,1-3H3,(H,22,23)/t18-/m0/s1. The molecule has 2 aromatic rings. The minimum atomic E-state index is 0.0760. The Balaban J connectivity index is 1.60. The van der Waals surface area contributed by atoms with Crippen LogP contribution in [-0.4, -0.2) is 47.7 Å². The van der Waals surface area contributed by atoms with Gasteiger partial charge in [0.2, 0.25) is 0 Å². The highest BCUT2D eigenvalue weighted by molar-refractivity contribution is 5.94. The summed E-state index contributed by atoms with van der Waals surface area (Å²) in [6.07, 6.45) is 3.27. The Bertz CT molecular complexity index is 694. The highest BCUT2D eigenvalue weighted by Gasteiger charge is 2.17. The molecule has 5 heteroatoms. The predicted molar refractivity (Wildman–Crippen MR) is 100 cm³/mol. The number of carbonyl (C=O) groups is 1. The lowest BCUT2D eigenvalue weighted by Crippen LogP contribution is -2.29. The van der Waals surface area contributed by atoms with Crippen molar-refractivity contribution >= 4 is 5.91 Å². The van der Waals surface area contributed by atoms with Crippen molar-refractivity contribution in [2.45, 2.75) is 39.0 Å². The number of nitrogens with one attached hydrogen (secondary N) is 2. The van der Waals surface area contributed by atoms with E-state index in [1.54, 1.807) is 4.90 Å². The largest absolute Gasteiger partial charge is 0.341 e. The van der Waals surface area contributed by atoms with E-state index in [-0.39, 0.29) is 5.91 Å². The van der Waals surface area contributed by atoms with E-state index < -0.39 is 0 Å². The number of carbonyl (C=O) groups excluding carboxylic acids is 1. The first-order valence-corrected chi connectivity index (χ1v) is 9.13. The number of hydrogen-bond acceptors (Lipinski definition) is 3. The maximum Gasteiger partial charge on any atom is 0.253 e. The summed E-state index contributed by atoms with van der Waals surface area (Å²) < 4.78 is 0. The number of aryl methyl sites for hydroxylation is 2. The Morgan fingerprint density at radius 3 is 2.64 bits per heavy atom. The number of H-pyrrole nitrogens is 1. The molecule has 0 bridgehead atoms. The van der Waals surface area contributed by atoms with Crippen LogP contribution in [-0.2, 0) is 6.42 Å². The molecular weight excluding hydrogens is 312 g/mol. The summed E-state index contributed by atoms with van der Waals surface area (Å²) >= 11 is 0. The first-order chi connectivity index (χ1) is 12.1. The van der Waals surface area contributed by atoms with Gasteiger partial charge in [0.05, 0.1) is 5.69 Å². The van der Waals surface area contributed by atoms with Crippen LogP contribution in [0.1, 0.15) is 51.6 Å². The fourth-order valence-electron chi connectivity index (χ4n) is 3.58. The average Bonchev–Trinajstić information content (AvgIpc) is 2.98. The molecule has 1 fully saturated rings. The van der Waals surface area contributed by atoms with E-state index in [2.05, 4.69) is 27.6 Å². The molecule has 3 rings (SSSR count). The summed E-state index contributed by atoms with van der Waals surface area (Å²) in [6, 6.07) is 8.17. The summed E-state index contributed by atoms with van der Waals surface area (Å²) in [7, 11) is 1.87. The van der Waals surface area contributed by atoms with Gasteiger partial charge in [-0.05, 0) is 68.8 Å². The minimum absolute atomic E-state index is 0.0760. The number of aromatic amines is 1. The molecule has 0 unspecified atom stereocenters. The number of hydrogen-bond donors (Lipinski definition) is 2. The molecule has 0 radical (unpaired) electrons. The number of piperidine rings is 1. The Morgan fingerprint density at radius 2 is 2.04 bits per heavy atom. The molecule has 1 aliphatic rings. The summed E-state index contributed by atoms with van der Waals surface area (Å²) in [5.41, 5.74) is 5.40. The van der Waals surface area contributed by atoms with E-state index in [4.69, 9.17) is 0 Å². The summed E-state index contributed by atoms with van der Waals surface area (Å²) in [4.78, 5) is 14.4. The van der Waals surface area contributed by atoms with Crippen molar-refractivity contribution in [3.8, 4) is 0 Å². The van der Waals surface area contributed by atoms with Crippen molar-refractivity contribution in [2.24, 2.45) is 0 Å². The summed E-state index contributed by atoms with van der Waals surface area (Å²) in [5.74, 6) is 0.648. The van der Waals surface area contributed by atoms with Gasteiger partial charge in [0.15, 0.2) is 0 Å². The van der Waals surface area contributed by atoms with Gasteiger partial charge in [-0.3, -0.25) is 9.89 Å². The molecule has 1 aromatic heterocycles. The maximum atomic E-state index is 12.7. The Labute approximate surface area is 149 Å². The van der Waals surface area contributed by atoms with Crippen molar-refractivity contribution in [1.29, 1.82) is 0 Å². The zero-order chi connectivity index (χ0) is 17.8. The van der Waals surface area contributed by atoms with E-state index in [0.717, 1.165) is 36.5 Å². The molecule has 25 heavy (non-hydrogen) atoms. The van der Waals surface area contributed by atoms with Crippen molar-refractivity contribution in [3.05, 3.63) is 52.3 Å². The number of amides is 1. The van der Waals surface area contributed by atoms with Gasteiger partial charge in [0.1, 0.15) is 0 Å². The lowest BCUT2D eigenvalue weighted by molar-refractivity contribution is 0.0796. The first-order valence-electron chi connectivity index (χ1n) is 9.13. The second kappa shape index (κ2) is 7.83. The molecule has 2 N–H and O–H groups in total. The fourth-order valence-corrected chi connectivity index (χ4v) is 3.58. The van der Waals surface area contributed by atoms with Crippen LogP contribution in [0, 0.1) is 13.8 Å². The second-order valence-electron chi connectivity index (χ2n) is 7.05. The number of nitrogens with zero attached hydrogens (tertiary/aromatic N) is 2. The van der Waals surface area contributed by atoms with Crippen molar-refractivity contribution in [3.63, 3.8) is 0 Å². The lowest BCUT2D eigenvalue weighted by atomic mass is 9.91. The monoisotopic (exact) mass is 340 g/mol. The van der Waals surface area contributed by atoms with Crippen LogP contribution >= 0.6 is 0 Å². The van der Waals surface area contributed by atoms with Crippen molar-refractivity contribution < 1.29 is 4.79 Å². The van der Waals surface area contributed by atoms with Gasteiger partial charge in [0, 0.05) is 31.4 Å². The summed E-state index contributed by atoms with van der Waals surface area (Å²) in [6.45, 7) is 6.87. The van der Waals surface area contributed by atoms with E-state index in [1.807, 2.05) is 33.0 Å². The van der Waals surface area contributed by atoms with Crippen LogP contribution in [0.15, 0.2) is 24.3 Å². The molecule has 1 atom stereocenters.